The number of pyridine rings is 1. The Labute approximate surface area is 138 Å². The molecular formula is C16H19FN6O. The van der Waals surface area contributed by atoms with E-state index in [-0.39, 0.29) is 24.3 Å². The highest BCUT2D eigenvalue weighted by molar-refractivity contribution is 6.04. The summed E-state index contributed by atoms with van der Waals surface area (Å²) in [6, 6.07) is 0.00908. The van der Waals surface area contributed by atoms with Crippen molar-refractivity contribution >= 4 is 11.7 Å². The van der Waals surface area contributed by atoms with E-state index in [1.165, 1.54) is 0 Å². The van der Waals surface area contributed by atoms with Crippen LogP contribution in [0.3, 0.4) is 0 Å². The second kappa shape index (κ2) is 5.55. The standard InChI is InChI=1S/C16H19FN6O/c1-22-7-9(5-20-22)14-12-11(6-19-16(12)24)13(17)15(21-14)23-4-2-3-10(18)8-23/h5,7,10H,2-4,6,8,18H2,1H3,(H,19,24)/t10-/m0/s1. The number of carbonyl (C=O) groups is 1. The molecule has 1 fully saturated rings. The molecule has 2 aromatic heterocycles. The predicted octanol–water partition coefficient (Wildman–Crippen LogP) is 0.792. The molecule has 126 valence electrons. The maximum atomic E-state index is 15.0. The van der Waals surface area contributed by atoms with Gasteiger partial charge >= 0.3 is 0 Å². The van der Waals surface area contributed by atoms with E-state index < -0.39 is 5.82 Å². The number of piperidine rings is 1. The van der Waals surface area contributed by atoms with E-state index in [0.717, 1.165) is 12.8 Å². The molecule has 0 radical (unpaired) electrons. The minimum Gasteiger partial charge on any atom is -0.353 e. The molecule has 2 aliphatic heterocycles. The smallest absolute Gasteiger partial charge is 0.254 e. The Morgan fingerprint density at radius 3 is 3.00 bits per heavy atom. The molecule has 0 saturated carbocycles. The number of hydrogen-bond donors (Lipinski definition) is 2. The second-order valence-electron chi connectivity index (χ2n) is 6.39. The van der Waals surface area contributed by atoms with Crippen LogP contribution in [0.25, 0.3) is 11.3 Å². The maximum absolute atomic E-state index is 15.0. The van der Waals surface area contributed by atoms with Crippen LogP contribution >= 0.6 is 0 Å². The summed E-state index contributed by atoms with van der Waals surface area (Å²) in [4.78, 5) is 18.6. The lowest BCUT2D eigenvalue weighted by Crippen LogP contribution is -2.43. The molecule has 7 nitrogen and oxygen atoms in total. The van der Waals surface area contributed by atoms with Gasteiger partial charge in [-0.25, -0.2) is 9.37 Å². The molecule has 24 heavy (non-hydrogen) atoms. The van der Waals surface area contributed by atoms with Crippen LogP contribution in [0.2, 0.25) is 0 Å². The zero-order valence-electron chi connectivity index (χ0n) is 13.4. The molecule has 0 aliphatic carbocycles. The Bertz CT molecular complexity index is 817. The van der Waals surface area contributed by atoms with E-state index in [1.807, 2.05) is 4.90 Å². The Morgan fingerprint density at radius 2 is 2.29 bits per heavy atom. The van der Waals surface area contributed by atoms with Gasteiger partial charge in [0.25, 0.3) is 5.91 Å². The molecule has 3 N–H and O–H groups in total. The van der Waals surface area contributed by atoms with Crippen molar-refractivity contribution in [2.24, 2.45) is 12.8 Å². The third-order valence-corrected chi connectivity index (χ3v) is 4.61. The Morgan fingerprint density at radius 1 is 1.46 bits per heavy atom. The van der Waals surface area contributed by atoms with Gasteiger partial charge in [0.1, 0.15) is 0 Å². The van der Waals surface area contributed by atoms with E-state index in [1.54, 1.807) is 24.1 Å². The first-order chi connectivity index (χ1) is 11.5. The summed E-state index contributed by atoms with van der Waals surface area (Å²) < 4.78 is 16.6. The number of rotatable bonds is 2. The maximum Gasteiger partial charge on any atom is 0.254 e. The molecule has 4 heterocycles. The van der Waals surface area contributed by atoms with Gasteiger partial charge in [-0.2, -0.15) is 5.10 Å². The van der Waals surface area contributed by atoms with Crippen LogP contribution in [-0.2, 0) is 13.6 Å². The molecule has 1 saturated heterocycles. The number of nitrogens with one attached hydrogen (secondary N) is 1. The summed E-state index contributed by atoms with van der Waals surface area (Å²) >= 11 is 0. The number of amides is 1. The first kappa shape index (κ1) is 15.1. The van der Waals surface area contributed by atoms with Crippen LogP contribution in [0.5, 0.6) is 0 Å². The van der Waals surface area contributed by atoms with Crippen molar-refractivity contribution in [2.45, 2.75) is 25.4 Å². The molecule has 1 atom stereocenters. The topological polar surface area (TPSA) is 89.1 Å². The van der Waals surface area contributed by atoms with Crippen LogP contribution in [0.15, 0.2) is 12.4 Å². The Balaban J connectivity index is 1.88. The van der Waals surface area contributed by atoms with Gasteiger partial charge in [-0.1, -0.05) is 0 Å². The Kier molecular flexibility index (Phi) is 3.49. The number of aryl methyl sites for hydroxylation is 1. The van der Waals surface area contributed by atoms with Gasteiger partial charge in [-0.15, -0.1) is 0 Å². The number of aromatic nitrogens is 3. The van der Waals surface area contributed by atoms with E-state index >= 15 is 4.39 Å². The van der Waals surface area contributed by atoms with E-state index in [2.05, 4.69) is 15.4 Å². The third-order valence-electron chi connectivity index (χ3n) is 4.61. The lowest BCUT2D eigenvalue weighted by molar-refractivity contribution is 0.0966. The predicted molar refractivity (Wildman–Crippen MR) is 87.0 cm³/mol. The number of nitrogens with zero attached hydrogens (tertiary/aromatic N) is 4. The fourth-order valence-electron chi connectivity index (χ4n) is 3.43. The van der Waals surface area contributed by atoms with Crippen molar-refractivity contribution in [3.05, 3.63) is 29.3 Å². The molecule has 0 aromatic carbocycles. The van der Waals surface area contributed by atoms with Crippen LogP contribution in [0.1, 0.15) is 28.8 Å². The fraction of sp³-hybridized carbons (Fsp3) is 0.438. The molecule has 2 aliphatic rings. The summed E-state index contributed by atoms with van der Waals surface area (Å²) in [5.41, 5.74) is 7.89. The summed E-state index contributed by atoms with van der Waals surface area (Å²) in [7, 11) is 1.79. The fourth-order valence-corrected chi connectivity index (χ4v) is 3.43. The molecular weight excluding hydrogens is 311 g/mol. The van der Waals surface area contributed by atoms with Crippen molar-refractivity contribution in [1.29, 1.82) is 0 Å². The number of carbonyl (C=O) groups excluding carboxylic acids is 1. The SMILES string of the molecule is Cn1cc(-c2nc(N3CCC[C@H](N)C3)c(F)c3c2C(=O)NC3)cn1. The molecule has 2 aromatic rings. The zero-order chi connectivity index (χ0) is 16.8. The van der Waals surface area contributed by atoms with Gasteiger partial charge in [0.2, 0.25) is 0 Å². The van der Waals surface area contributed by atoms with Gasteiger partial charge in [0.15, 0.2) is 11.6 Å². The number of hydrogen-bond acceptors (Lipinski definition) is 5. The monoisotopic (exact) mass is 330 g/mol. The average Bonchev–Trinajstić information content (AvgIpc) is 3.15. The van der Waals surface area contributed by atoms with Crippen molar-refractivity contribution in [1.82, 2.24) is 20.1 Å². The van der Waals surface area contributed by atoms with Crippen molar-refractivity contribution in [2.75, 3.05) is 18.0 Å². The average molecular weight is 330 g/mol. The van der Waals surface area contributed by atoms with Gasteiger partial charge in [-0.05, 0) is 12.8 Å². The molecule has 1 amide bonds. The Hall–Kier alpha value is -2.48. The molecule has 0 bridgehead atoms. The summed E-state index contributed by atoms with van der Waals surface area (Å²) in [6.45, 7) is 1.46. The van der Waals surface area contributed by atoms with Gasteiger partial charge in [0, 0.05) is 50.0 Å². The summed E-state index contributed by atoms with van der Waals surface area (Å²) in [6.07, 6.45) is 5.24. The highest BCUT2D eigenvalue weighted by Crippen LogP contribution is 2.34. The molecule has 8 heteroatoms. The second-order valence-corrected chi connectivity index (χ2v) is 6.39. The zero-order valence-corrected chi connectivity index (χ0v) is 13.4. The van der Waals surface area contributed by atoms with Crippen molar-refractivity contribution in [3.8, 4) is 11.3 Å². The van der Waals surface area contributed by atoms with E-state index in [4.69, 9.17) is 5.73 Å². The summed E-state index contributed by atoms with van der Waals surface area (Å²) in [5.74, 6) is -0.443. The van der Waals surface area contributed by atoms with Gasteiger partial charge < -0.3 is 16.0 Å². The van der Waals surface area contributed by atoms with Crippen LogP contribution in [0.4, 0.5) is 10.2 Å². The number of halogens is 1. The quantitative estimate of drug-likeness (QED) is 0.850. The van der Waals surface area contributed by atoms with Crippen molar-refractivity contribution in [3.63, 3.8) is 0 Å². The van der Waals surface area contributed by atoms with Gasteiger partial charge in [0.05, 0.1) is 17.5 Å². The van der Waals surface area contributed by atoms with Crippen molar-refractivity contribution < 1.29 is 9.18 Å². The highest BCUT2D eigenvalue weighted by atomic mass is 19.1. The lowest BCUT2D eigenvalue weighted by Gasteiger charge is -2.32. The molecule has 0 spiro atoms. The number of nitrogens with two attached hydrogens (primary N) is 1. The first-order valence-electron chi connectivity index (χ1n) is 8.04. The van der Waals surface area contributed by atoms with Crippen LogP contribution in [0, 0.1) is 5.82 Å². The summed E-state index contributed by atoms with van der Waals surface area (Å²) in [5, 5.41) is 6.83. The highest BCUT2D eigenvalue weighted by Gasteiger charge is 2.32. The van der Waals surface area contributed by atoms with Crippen LogP contribution < -0.4 is 16.0 Å². The normalized spacial score (nSPS) is 20.2. The minimum absolute atomic E-state index is 0.00908. The van der Waals surface area contributed by atoms with Crippen LogP contribution in [-0.4, -0.2) is 39.8 Å². The van der Waals surface area contributed by atoms with E-state index in [0.29, 0.717) is 35.5 Å². The molecule has 4 rings (SSSR count). The van der Waals surface area contributed by atoms with E-state index in [9.17, 15) is 4.79 Å². The lowest BCUT2D eigenvalue weighted by atomic mass is 10.0. The van der Waals surface area contributed by atoms with Gasteiger partial charge in [-0.3, -0.25) is 9.48 Å². The largest absolute Gasteiger partial charge is 0.353 e. The minimum atomic E-state index is -0.426. The third kappa shape index (κ3) is 2.34. The first-order valence-corrected chi connectivity index (χ1v) is 8.04. The molecule has 0 unspecified atom stereocenters. The number of anilines is 1. The number of fused-ring (bicyclic) bond motifs is 1.